The molecule has 3 aliphatic heterocycles. The molecule has 0 aromatic carbocycles. The van der Waals surface area contributed by atoms with Crippen molar-refractivity contribution >= 4 is 5.91 Å². The largest absolute Gasteiger partial charge is 0.379 e. The number of pyridine rings is 1. The van der Waals surface area contributed by atoms with Gasteiger partial charge in [0.2, 0.25) is 0 Å². The van der Waals surface area contributed by atoms with Crippen molar-refractivity contribution in [2.75, 3.05) is 52.5 Å². The van der Waals surface area contributed by atoms with Gasteiger partial charge in [-0.1, -0.05) is 0 Å². The van der Waals surface area contributed by atoms with E-state index in [-0.39, 0.29) is 11.5 Å². The van der Waals surface area contributed by atoms with Gasteiger partial charge in [-0.3, -0.25) is 14.7 Å². The number of carbonyl (C=O) groups is 1. The Morgan fingerprint density at radius 3 is 2.54 bits per heavy atom. The highest BCUT2D eigenvalue weighted by molar-refractivity contribution is 5.95. The molecule has 4 rings (SSSR count). The van der Waals surface area contributed by atoms with Gasteiger partial charge >= 0.3 is 0 Å². The van der Waals surface area contributed by atoms with Gasteiger partial charge in [-0.05, 0) is 44.7 Å². The summed E-state index contributed by atoms with van der Waals surface area (Å²) in [6.07, 6.45) is 2.24. The lowest BCUT2D eigenvalue weighted by Gasteiger charge is -2.53. The van der Waals surface area contributed by atoms with Crippen LogP contribution in [0.25, 0.3) is 0 Å². The van der Waals surface area contributed by atoms with Gasteiger partial charge in [-0.2, -0.15) is 0 Å². The number of nitrogens with zero attached hydrogens (tertiary/aromatic N) is 3. The maximum Gasteiger partial charge on any atom is 0.254 e. The van der Waals surface area contributed by atoms with Gasteiger partial charge in [0.15, 0.2) is 0 Å². The fourth-order valence-electron chi connectivity index (χ4n) is 4.39. The van der Waals surface area contributed by atoms with Crippen molar-refractivity contribution in [3.8, 4) is 0 Å². The van der Waals surface area contributed by atoms with E-state index in [0.717, 1.165) is 75.9 Å². The first-order chi connectivity index (χ1) is 12.5. The van der Waals surface area contributed by atoms with Crippen molar-refractivity contribution in [1.29, 1.82) is 0 Å². The Morgan fingerprint density at radius 1 is 1.23 bits per heavy atom. The van der Waals surface area contributed by atoms with Crippen LogP contribution in [0.3, 0.4) is 0 Å². The molecule has 0 N–H and O–H groups in total. The van der Waals surface area contributed by atoms with E-state index in [1.165, 1.54) is 6.42 Å². The molecule has 3 saturated heterocycles. The Morgan fingerprint density at radius 2 is 1.92 bits per heavy atom. The minimum Gasteiger partial charge on any atom is -0.379 e. The summed E-state index contributed by atoms with van der Waals surface area (Å²) in [5.41, 5.74) is 2.42. The molecule has 6 nitrogen and oxygen atoms in total. The molecule has 142 valence electrons. The first kappa shape index (κ1) is 17.9. The van der Waals surface area contributed by atoms with E-state index >= 15 is 0 Å². The van der Waals surface area contributed by atoms with Crippen LogP contribution in [0.1, 0.15) is 34.6 Å². The molecule has 0 unspecified atom stereocenters. The van der Waals surface area contributed by atoms with Crippen LogP contribution in [0.5, 0.6) is 0 Å². The SMILES string of the molecule is Cc1cc(C(=O)N2CC3(CC[C@@H](CN4CCOCC4)CO3)C2)cc(C)n1. The van der Waals surface area contributed by atoms with Gasteiger partial charge in [-0.25, -0.2) is 0 Å². The summed E-state index contributed by atoms with van der Waals surface area (Å²) in [4.78, 5) is 21.5. The minimum absolute atomic E-state index is 0.100. The summed E-state index contributed by atoms with van der Waals surface area (Å²) in [7, 11) is 0. The van der Waals surface area contributed by atoms with Gasteiger partial charge in [0, 0.05) is 36.6 Å². The number of hydrogen-bond donors (Lipinski definition) is 0. The van der Waals surface area contributed by atoms with Gasteiger partial charge < -0.3 is 14.4 Å². The molecule has 1 atom stereocenters. The summed E-state index contributed by atoms with van der Waals surface area (Å²) in [5, 5.41) is 0. The number of carbonyl (C=O) groups excluding carboxylic acids is 1. The van der Waals surface area contributed by atoms with Crippen molar-refractivity contribution in [2.45, 2.75) is 32.3 Å². The molecule has 3 fully saturated rings. The highest BCUT2D eigenvalue weighted by Gasteiger charge is 2.48. The van der Waals surface area contributed by atoms with E-state index in [1.54, 1.807) is 0 Å². The number of amides is 1. The number of ether oxygens (including phenoxy) is 2. The summed E-state index contributed by atoms with van der Waals surface area (Å²) in [6.45, 7) is 11.0. The molecule has 0 radical (unpaired) electrons. The molecule has 1 aromatic heterocycles. The van der Waals surface area contributed by atoms with Crippen molar-refractivity contribution in [3.05, 3.63) is 29.1 Å². The third-order valence-electron chi connectivity index (χ3n) is 5.83. The summed E-state index contributed by atoms with van der Waals surface area (Å²) in [6, 6.07) is 3.75. The lowest BCUT2D eigenvalue weighted by molar-refractivity contribution is -0.169. The van der Waals surface area contributed by atoms with Crippen molar-refractivity contribution < 1.29 is 14.3 Å². The average molecular weight is 359 g/mol. The highest BCUT2D eigenvalue weighted by atomic mass is 16.5. The average Bonchev–Trinajstić information content (AvgIpc) is 2.60. The lowest BCUT2D eigenvalue weighted by atomic mass is 9.82. The van der Waals surface area contributed by atoms with Crippen LogP contribution >= 0.6 is 0 Å². The number of likely N-dealkylation sites (tertiary alicyclic amines) is 1. The van der Waals surface area contributed by atoms with E-state index in [4.69, 9.17) is 9.47 Å². The van der Waals surface area contributed by atoms with Crippen molar-refractivity contribution in [1.82, 2.24) is 14.8 Å². The third kappa shape index (κ3) is 3.77. The van der Waals surface area contributed by atoms with Gasteiger partial charge in [0.05, 0.1) is 32.9 Å². The molecular weight excluding hydrogens is 330 g/mol. The molecule has 26 heavy (non-hydrogen) atoms. The molecule has 3 aliphatic rings. The maximum absolute atomic E-state index is 12.7. The Labute approximate surface area is 155 Å². The van der Waals surface area contributed by atoms with Crippen LogP contribution in [-0.2, 0) is 9.47 Å². The van der Waals surface area contributed by atoms with E-state index in [2.05, 4.69) is 9.88 Å². The highest BCUT2D eigenvalue weighted by Crippen LogP contribution is 2.37. The van der Waals surface area contributed by atoms with Crippen LogP contribution in [0, 0.1) is 19.8 Å². The zero-order valence-corrected chi connectivity index (χ0v) is 15.9. The van der Waals surface area contributed by atoms with Gasteiger partial charge in [0.25, 0.3) is 5.91 Å². The number of hydrogen-bond acceptors (Lipinski definition) is 5. The van der Waals surface area contributed by atoms with Gasteiger partial charge in [0.1, 0.15) is 5.60 Å². The molecular formula is C20H29N3O3. The number of aromatic nitrogens is 1. The Kier molecular flexibility index (Phi) is 4.99. The van der Waals surface area contributed by atoms with Crippen LogP contribution in [0.15, 0.2) is 12.1 Å². The monoisotopic (exact) mass is 359 g/mol. The second-order valence-corrected chi connectivity index (χ2v) is 8.11. The second kappa shape index (κ2) is 7.25. The van der Waals surface area contributed by atoms with Gasteiger partial charge in [-0.15, -0.1) is 0 Å². The van der Waals surface area contributed by atoms with Crippen LogP contribution in [0.2, 0.25) is 0 Å². The van der Waals surface area contributed by atoms with Crippen molar-refractivity contribution in [3.63, 3.8) is 0 Å². The van der Waals surface area contributed by atoms with E-state index < -0.39 is 0 Å². The predicted octanol–water partition coefficient (Wildman–Crippen LogP) is 1.65. The topological polar surface area (TPSA) is 54.9 Å². The predicted molar refractivity (Wildman–Crippen MR) is 98.3 cm³/mol. The van der Waals surface area contributed by atoms with Crippen molar-refractivity contribution in [2.24, 2.45) is 5.92 Å². The summed E-state index contributed by atoms with van der Waals surface area (Å²) in [5.74, 6) is 0.706. The fourth-order valence-corrected chi connectivity index (χ4v) is 4.39. The second-order valence-electron chi connectivity index (χ2n) is 8.11. The number of rotatable bonds is 3. The van der Waals surface area contributed by atoms with E-state index in [1.807, 2.05) is 30.9 Å². The lowest BCUT2D eigenvalue weighted by Crippen LogP contribution is -2.66. The van der Waals surface area contributed by atoms with Crippen LogP contribution in [0.4, 0.5) is 0 Å². The third-order valence-corrected chi connectivity index (χ3v) is 5.83. The minimum atomic E-state index is -0.103. The zero-order valence-electron chi connectivity index (χ0n) is 15.9. The molecule has 6 heteroatoms. The normalized spacial score (nSPS) is 25.9. The standard InChI is InChI=1S/C20H29N3O3/c1-15-9-18(10-16(2)21-15)19(24)23-13-20(14-23)4-3-17(12-26-20)11-22-5-7-25-8-6-22/h9-10,17H,3-8,11-14H2,1-2H3/t17-/m0/s1. The Bertz CT molecular complexity index is 636. The quantitative estimate of drug-likeness (QED) is 0.821. The molecule has 1 amide bonds. The Hall–Kier alpha value is -1.50. The number of aryl methyl sites for hydroxylation is 2. The fraction of sp³-hybridized carbons (Fsp3) is 0.700. The van der Waals surface area contributed by atoms with Crippen LogP contribution in [-0.4, -0.2) is 78.8 Å². The first-order valence-corrected chi connectivity index (χ1v) is 9.72. The molecule has 0 saturated carbocycles. The maximum atomic E-state index is 12.7. The smallest absolute Gasteiger partial charge is 0.254 e. The van der Waals surface area contributed by atoms with Crippen LogP contribution < -0.4 is 0 Å². The molecule has 1 aromatic rings. The molecule has 4 heterocycles. The molecule has 0 aliphatic carbocycles. The Balaban J connectivity index is 1.27. The molecule has 1 spiro atoms. The summed E-state index contributed by atoms with van der Waals surface area (Å²) < 4.78 is 11.7. The van der Waals surface area contributed by atoms with E-state index in [0.29, 0.717) is 5.92 Å². The number of morpholine rings is 1. The zero-order chi connectivity index (χ0) is 18.1. The summed E-state index contributed by atoms with van der Waals surface area (Å²) >= 11 is 0. The van der Waals surface area contributed by atoms with E-state index in [9.17, 15) is 4.79 Å². The first-order valence-electron chi connectivity index (χ1n) is 9.72. The molecule has 0 bridgehead atoms.